The minimum atomic E-state index is -0.319. The van der Waals surface area contributed by atoms with Gasteiger partial charge in [-0.2, -0.15) is 0 Å². The van der Waals surface area contributed by atoms with Crippen molar-refractivity contribution in [1.82, 2.24) is 4.57 Å². The van der Waals surface area contributed by atoms with Crippen LogP contribution < -0.4 is 0 Å². The average Bonchev–Trinajstić information content (AvgIpc) is 2.86. The van der Waals surface area contributed by atoms with Crippen LogP contribution in [0.15, 0.2) is 36.7 Å². The molecule has 0 radical (unpaired) electrons. The molecule has 4 heteroatoms. The monoisotopic (exact) mass is 245 g/mol. The second kappa shape index (κ2) is 3.89. The molecular formula is C13H11NO2S. The van der Waals surface area contributed by atoms with Gasteiger partial charge in [0.25, 0.3) is 0 Å². The Morgan fingerprint density at radius 1 is 1.24 bits per heavy atom. The molecule has 3 nitrogen and oxygen atoms in total. The second-order valence-electron chi connectivity index (χ2n) is 3.74. The Labute approximate surface area is 102 Å². The first kappa shape index (κ1) is 10.4. The van der Waals surface area contributed by atoms with Gasteiger partial charge in [-0.3, -0.25) is 4.57 Å². The standard InChI is InChI=1S/C13H11NO2S/c1-2-16-13(15)14-7-10-9-5-3-4-6-11(9)17-12(10)8-14/h3-8H,2H2,1H3. The smallest absolute Gasteiger partial charge is 0.418 e. The number of nitrogens with zero attached hydrogens (tertiary/aromatic N) is 1. The van der Waals surface area contributed by atoms with Crippen molar-refractivity contribution in [2.75, 3.05) is 6.61 Å². The molecule has 0 bridgehead atoms. The summed E-state index contributed by atoms with van der Waals surface area (Å²) < 4.78 is 8.83. The molecule has 0 saturated carbocycles. The van der Waals surface area contributed by atoms with E-state index in [0.717, 1.165) is 10.1 Å². The molecule has 3 aromatic rings. The van der Waals surface area contributed by atoms with E-state index in [1.54, 1.807) is 18.3 Å². The van der Waals surface area contributed by atoms with Gasteiger partial charge in [0.1, 0.15) is 0 Å². The SMILES string of the molecule is CCOC(=O)n1cc2sc3ccccc3c2c1. The van der Waals surface area contributed by atoms with Gasteiger partial charge >= 0.3 is 6.09 Å². The Morgan fingerprint density at radius 3 is 2.88 bits per heavy atom. The zero-order valence-corrected chi connectivity index (χ0v) is 10.2. The van der Waals surface area contributed by atoms with E-state index in [-0.39, 0.29) is 6.09 Å². The number of rotatable bonds is 1. The van der Waals surface area contributed by atoms with Gasteiger partial charge in [0.15, 0.2) is 0 Å². The summed E-state index contributed by atoms with van der Waals surface area (Å²) >= 11 is 1.69. The lowest BCUT2D eigenvalue weighted by Gasteiger charge is -2.00. The molecule has 86 valence electrons. The Hall–Kier alpha value is -1.81. The van der Waals surface area contributed by atoms with Gasteiger partial charge in [0, 0.05) is 27.9 Å². The zero-order valence-electron chi connectivity index (χ0n) is 9.34. The molecule has 0 fully saturated rings. The van der Waals surface area contributed by atoms with Crippen LogP contribution >= 0.6 is 11.3 Å². The number of hydrogen-bond donors (Lipinski definition) is 0. The van der Waals surface area contributed by atoms with Gasteiger partial charge in [-0.15, -0.1) is 11.3 Å². The van der Waals surface area contributed by atoms with Gasteiger partial charge in [0.05, 0.1) is 11.3 Å². The van der Waals surface area contributed by atoms with E-state index in [1.807, 2.05) is 24.5 Å². The predicted molar refractivity (Wildman–Crippen MR) is 69.7 cm³/mol. The van der Waals surface area contributed by atoms with Crippen molar-refractivity contribution in [2.45, 2.75) is 6.92 Å². The summed E-state index contributed by atoms with van der Waals surface area (Å²) in [6.07, 6.45) is 3.35. The summed E-state index contributed by atoms with van der Waals surface area (Å²) in [6.45, 7) is 2.20. The number of carbonyl (C=O) groups is 1. The second-order valence-corrected chi connectivity index (χ2v) is 4.82. The van der Waals surface area contributed by atoms with Crippen LogP contribution in [0.3, 0.4) is 0 Å². The van der Waals surface area contributed by atoms with Crippen molar-refractivity contribution in [1.29, 1.82) is 0 Å². The Kier molecular flexibility index (Phi) is 2.37. The molecule has 0 aliphatic carbocycles. The van der Waals surface area contributed by atoms with Crippen molar-refractivity contribution in [3.63, 3.8) is 0 Å². The minimum absolute atomic E-state index is 0.319. The highest BCUT2D eigenvalue weighted by atomic mass is 32.1. The van der Waals surface area contributed by atoms with Crippen molar-refractivity contribution >= 4 is 37.6 Å². The van der Waals surface area contributed by atoms with E-state index < -0.39 is 0 Å². The molecule has 2 aromatic heterocycles. The van der Waals surface area contributed by atoms with Crippen molar-refractivity contribution in [3.8, 4) is 0 Å². The summed E-state index contributed by atoms with van der Waals surface area (Å²) in [5.74, 6) is 0. The topological polar surface area (TPSA) is 31.2 Å². The zero-order chi connectivity index (χ0) is 11.8. The third-order valence-corrected chi connectivity index (χ3v) is 3.79. The highest BCUT2D eigenvalue weighted by Gasteiger charge is 2.11. The molecule has 0 amide bonds. The molecule has 0 N–H and O–H groups in total. The normalized spacial score (nSPS) is 11.1. The quantitative estimate of drug-likeness (QED) is 0.652. The molecule has 1 aromatic carbocycles. The highest BCUT2D eigenvalue weighted by Crippen LogP contribution is 2.34. The Morgan fingerprint density at radius 2 is 2.06 bits per heavy atom. The first-order valence-electron chi connectivity index (χ1n) is 5.46. The fraction of sp³-hybridized carbons (Fsp3) is 0.154. The van der Waals surface area contributed by atoms with Crippen LogP contribution in [-0.2, 0) is 4.74 Å². The maximum Gasteiger partial charge on any atom is 0.418 e. The van der Waals surface area contributed by atoms with E-state index in [1.165, 1.54) is 14.7 Å². The van der Waals surface area contributed by atoms with Crippen LogP contribution in [0.1, 0.15) is 6.92 Å². The molecule has 0 aliphatic heterocycles. The molecule has 2 heterocycles. The first-order valence-corrected chi connectivity index (χ1v) is 6.27. The Balaban J connectivity index is 2.17. The number of fused-ring (bicyclic) bond motifs is 3. The van der Waals surface area contributed by atoms with Crippen LogP contribution in [0.25, 0.3) is 20.2 Å². The van der Waals surface area contributed by atoms with E-state index in [2.05, 4.69) is 12.1 Å². The minimum Gasteiger partial charge on any atom is -0.449 e. The molecule has 0 unspecified atom stereocenters. The highest BCUT2D eigenvalue weighted by molar-refractivity contribution is 7.25. The van der Waals surface area contributed by atoms with Crippen LogP contribution in [0.2, 0.25) is 0 Å². The average molecular weight is 245 g/mol. The largest absolute Gasteiger partial charge is 0.449 e. The van der Waals surface area contributed by atoms with E-state index in [9.17, 15) is 4.79 Å². The van der Waals surface area contributed by atoms with Crippen LogP contribution in [0, 0.1) is 0 Å². The predicted octanol–water partition coefficient (Wildman–Crippen LogP) is 3.86. The van der Waals surface area contributed by atoms with Gasteiger partial charge in [-0.05, 0) is 13.0 Å². The van der Waals surface area contributed by atoms with Gasteiger partial charge < -0.3 is 4.74 Å². The van der Waals surface area contributed by atoms with Crippen LogP contribution in [0.5, 0.6) is 0 Å². The maximum absolute atomic E-state index is 11.6. The van der Waals surface area contributed by atoms with Gasteiger partial charge in [-0.25, -0.2) is 4.79 Å². The molecule has 0 aliphatic rings. The number of carbonyl (C=O) groups excluding carboxylic acids is 1. The molecule has 17 heavy (non-hydrogen) atoms. The van der Waals surface area contributed by atoms with Gasteiger partial charge in [0.2, 0.25) is 0 Å². The lowest BCUT2D eigenvalue weighted by molar-refractivity contribution is 0.154. The van der Waals surface area contributed by atoms with Crippen LogP contribution in [-0.4, -0.2) is 17.3 Å². The van der Waals surface area contributed by atoms with E-state index in [4.69, 9.17) is 4.74 Å². The summed E-state index contributed by atoms with van der Waals surface area (Å²) in [7, 11) is 0. The number of aromatic nitrogens is 1. The fourth-order valence-corrected chi connectivity index (χ4v) is 3.03. The molecule has 0 spiro atoms. The van der Waals surface area contributed by atoms with Gasteiger partial charge in [-0.1, -0.05) is 18.2 Å². The number of benzene rings is 1. The molecule has 3 rings (SSSR count). The first-order chi connectivity index (χ1) is 8.29. The third-order valence-electron chi connectivity index (χ3n) is 2.67. The number of thiophene rings is 1. The van der Waals surface area contributed by atoms with E-state index in [0.29, 0.717) is 6.61 Å². The summed E-state index contributed by atoms with van der Waals surface area (Å²) in [4.78, 5) is 11.6. The summed E-state index contributed by atoms with van der Waals surface area (Å²) in [5.41, 5.74) is 0. The maximum atomic E-state index is 11.6. The van der Waals surface area contributed by atoms with Crippen molar-refractivity contribution in [3.05, 3.63) is 36.7 Å². The van der Waals surface area contributed by atoms with E-state index >= 15 is 0 Å². The molecule has 0 atom stereocenters. The number of hydrogen-bond acceptors (Lipinski definition) is 3. The third kappa shape index (κ3) is 1.61. The number of ether oxygens (including phenoxy) is 1. The molecular weight excluding hydrogens is 234 g/mol. The summed E-state index contributed by atoms with van der Waals surface area (Å²) in [5, 5.41) is 2.30. The van der Waals surface area contributed by atoms with Crippen molar-refractivity contribution < 1.29 is 9.53 Å². The van der Waals surface area contributed by atoms with Crippen molar-refractivity contribution in [2.24, 2.45) is 0 Å². The summed E-state index contributed by atoms with van der Waals surface area (Å²) in [6, 6.07) is 8.20. The lowest BCUT2D eigenvalue weighted by atomic mass is 10.2. The Bertz CT molecular complexity index is 696. The lowest BCUT2D eigenvalue weighted by Crippen LogP contribution is -2.10. The van der Waals surface area contributed by atoms with Crippen LogP contribution in [0.4, 0.5) is 4.79 Å². The fourth-order valence-electron chi connectivity index (χ4n) is 1.92. The molecule has 0 saturated heterocycles.